The summed E-state index contributed by atoms with van der Waals surface area (Å²) in [7, 11) is 1.46. The molecule has 7 heteroatoms. The van der Waals surface area contributed by atoms with Crippen molar-refractivity contribution >= 4 is 23.5 Å². The maximum Gasteiger partial charge on any atom is 0.258 e. The highest BCUT2D eigenvalue weighted by atomic mass is 35.5. The molecule has 1 amide bonds. The Morgan fingerprint density at radius 1 is 1.61 bits per heavy atom. The summed E-state index contributed by atoms with van der Waals surface area (Å²) in [5, 5.41) is 2.79. The molecule has 1 aliphatic heterocycles. The van der Waals surface area contributed by atoms with Crippen LogP contribution in [0.15, 0.2) is 6.07 Å². The fourth-order valence-electron chi connectivity index (χ4n) is 1.75. The van der Waals surface area contributed by atoms with Gasteiger partial charge in [-0.15, -0.1) is 0 Å². The number of halogens is 1. The fourth-order valence-corrected chi connectivity index (χ4v) is 1.92. The Labute approximate surface area is 110 Å². The Morgan fingerprint density at radius 2 is 2.39 bits per heavy atom. The molecule has 1 atom stereocenters. The molecule has 0 saturated carbocycles. The Kier molecular flexibility index (Phi) is 3.68. The minimum absolute atomic E-state index is 0.112. The van der Waals surface area contributed by atoms with Gasteiger partial charge in [-0.2, -0.15) is 4.98 Å². The molecule has 1 saturated heterocycles. The van der Waals surface area contributed by atoms with Gasteiger partial charge in [0.25, 0.3) is 5.91 Å². The van der Waals surface area contributed by atoms with E-state index in [0.717, 1.165) is 6.42 Å². The molecule has 6 nitrogen and oxygen atoms in total. The van der Waals surface area contributed by atoms with Crippen molar-refractivity contribution in [1.82, 2.24) is 9.97 Å². The fraction of sp³-hybridized carbons (Fsp3) is 0.545. The molecule has 1 aromatic heterocycles. The third-order valence-corrected chi connectivity index (χ3v) is 3.00. The molecular formula is C11H14ClN3O3. The summed E-state index contributed by atoms with van der Waals surface area (Å²) in [6.07, 6.45) is 1.54. The summed E-state index contributed by atoms with van der Waals surface area (Å²) < 4.78 is 10.4. The van der Waals surface area contributed by atoms with Crippen molar-refractivity contribution in [3.63, 3.8) is 0 Å². The summed E-state index contributed by atoms with van der Waals surface area (Å²) in [5.41, 5.74) is -0.821. The number of rotatable bonds is 3. The van der Waals surface area contributed by atoms with Gasteiger partial charge in [0.1, 0.15) is 10.8 Å². The van der Waals surface area contributed by atoms with Gasteiger partial charge in [0.2, 0.25) is 11.8 Å². The maximum absolute atomic E-state index is 12.0. The van der Waals surface area contributed by atoms with Crippen molar-refractivity contribution in [3.8, 4) is 5.88 Å². The van der Waals surface area contributed by atoms with Crippen LogP contribution in [0.1, 0.15) is 19.8 Å². The first-order valence-corrected chi connectivity index (χ1v) is 5.95. The van der Waals surface area contributed by atoms with Crippen molar-refractivity contribution in [2.45, 2.75) is 25.4 Å². The number of nitrogens with one attached hydrogen (secondary N) is 1. The molecule has 1 fully saturated rings. The van der Waals surface area contributed by atoms with E-state index in [1.54, 1.807) is 6.92 Å². The molecule has 0 aliphatic carbocycles. The normalized spacial score (nSPS) is 22.8. The highest BCUT2D eigenvalue weighted by Gasteiger charge is 2.38. The molecule has 2 rings (SSSR count). The van der Waals surface area contributed by atoms with Crippen LogP contribution in [-0.2, 0) is 9.53 Å². The number of anilines is 1. The Hall–Kier alpha value is -1.40. The average Bonchev–Trinajstić information content (AvgIpc) is 2.76. The molecule has 1 N–H and O–H groups in total. The van der Waals surface area contributed by atoms with Crippen molar-refractivity contribution < 1.29 is 14.3 Å². The Bertz CT molecular complexity index is 461. The largest absolute Gasteiger partial charge is 0.481 e. The number of aromatic nitrogens is 2. The second kappa shape index (κ2) is 5.07. The maximum atomic E-state index is 12.0. The second-order valence-electron chi connectivity index (χ2n) is 4.19. The van der Waals surface area contributed by atoms with Crippen LogP contribution in [0.5, 0.6) is 5.88 Å². The van der Waals surface area contributed by atoms with Crippen LogP contribution in [0.2, 0.25) is 5.15 Å². The van der Waals surface area contributed by atoms with E-state index in [-0.39, 0.29) is 17.0 Å². The minimum Gasteiger partial charge on any atom is -0.481 e. The molecule has 0 bridgehead atoms. The summed E-state index contributed by atoms with van der Waals surface area (Å²) in [6.45, 7) is 2.33. The van der Waals surface area contributed by atoms with E-state index in [1.165, 1.54) is 13.2 Å². The van der Waals surface area contributed by atoms with E-state index in [0.29, 0.717) is 18.9 Å². The molecule has 0 radical (unpaired) electrons. The highest BCUT2D eigenvalue weighted by molar-refractivity contribution is 6.29. The smallest absolute Gasteiger partial charge is 0.258 e. The van der Waals surface area contributed by atoms with Gasteiger partial charge < -0.3 is 9.47 Å². The highest BCUT2D eigenvalue weighted by Crippen LogP contribution is 2.26. The molecule has 0 aromatic carbocycles. The van der Waals surface area contributed by atoms with E-state index in [1.807, 2.05) is 0 Å². The van der Waals surface area contributed by atoms with Crippen LogP contribution in [-0.4, -0.2) is 35.2 Å². The topological polar surface area (TPSA) is 73.3 Å². The van der Waals surface area contributed by atoms with Gasteiger partial charge in [0, 0.05) is 12.7 Å². The predicted octanol–water partition coefficient (Wildman–Crippen LogP) is 1.65. The lowest BCUT2D eigenvalue weighted by Gasteiger charge is -2.21. The zero-order valence-electron chi connectivity index (χ0n) is 10.2. The van der Waals surface area contributed by atoms with Gasteiger partial charge in [0.05, 0.1) is 7.11 Å². The van der Waals surface area contributed by atoms with Gasteiger partial charge in [-0.05, 0) is 19.8 Å². The quantitative estimate of drug-likeness (QED) is 0.846. The van der Waals surface area contributed by atoms with Gasteiger partial charge >= 0.3 is 0 Å². The molecule has 2 heterocycles. The van der Waals surface area contributed by atoms with Crippen LogP contribution in [0.4, 0.5) is 5.95 Å². The molecule has 0 spiro atoms. The molecular weight excluding hydrogens is 258 g/mol. The first-order valence-electron chi connectivity index (χ1n) is 5.57. The molecule has 98 valence electrons. The molecule has 1 aromatic rings. The second-order valence-corrected chi connectivity index (χ2v) is 4.58. The number of carbonyl (C=O) groups excluding carboxylic acids is 1. The van der Waals surface area contributed by atoms with Crippen LogP contribution in [0.3, 0.4) is 0 Å². The lowest BCUT2D eigenvalue weighted by atomic mass is 10.0. The first-order chi connectivity index (χ1) is 8.53. The Morgan fingerprint density at radius 3 is 3.00 bits per heavy atom. The number of amides is 1. The third kappa shape index (κ3) is 2.70. The third-order valence-electron chi connectivity index (χ3n) is 2.80. The number of carbonyl (C=O) groups is 1. The number of hydrogen-bond donors (Lipinski definition) is 1. The zero-order valence-corrected chi connectivity index (χ0v) is 11.0. The summed E-state index contributed by atoms with van der Waals surface area (Å²) in [6, 6.07) is 1.46. The SMILES string of the molecule is COc1cc(Cl)nc(NC(=O)C2(C)CCCO2)n1. The van der Waals surface area contributed by atoms with Gasteiger partial charge in [0.15, 0.2) is 0 Å². The minimum atomic E-state index is -0.821. The first kappa shape index (κ1) is 13.0. The van der Waals surface area contributed by atoms with Crippen LogP contribution < -0.4 is 10.1 Å². The van der Waals surface area contributed by atoms with E-state index >= 15 is 0 Å². The van der Waals surface area contributed by atoms with Gasteiger partial charge in [-0.25, -0.2) is 4.98 Å². The number of ether oxygens (including phenoxy) is 2. The Balaban J connectivity index is 2.13. The number of hydrogen-bond acceptors (Lipinski definition) is 5. The average molecular weight is 272 g/mol. The lowest BCUT2D eigenvalue weighted by Crippen LogP contribution is -2.39. The van der Waals surface area contributed by atoms with Crippen LogP contribution in [0.25, 0.3) is 0 Å². The van der Waals surface area contributed by atoms with Crippen molar-refractivity contribution in [1.29, 1.82) is 0 Å². The van der Waals surface area contributed by atoms with Crippen molar-refractivity contribution in [2.24, 2.45) is 0 Å². The van der Waals surface area contributed by atoms with E-state index in [2.05, 4.69) is 15.3 Å². The van der Waals surface area contributed by atoms with Crippen molar-refractivity contribution in [2.75, 3.05) is 19.0 Å². The van der Waals surface area contributed by atoms with Gasteiger partial charge in [-0.3, -0.25) is 10.1 Å². The monoisotopic (exact) mass is 271 g/mol. The lowest BCUT2D eigenvalue weighted by molar-refractivity contribution is -0.133. The molecule has 18 heavy (non-hydrogen) atoms. The summed E-state index contributed by atoms with van der Waals surface area (Å²) in [5.74, 6) is 0.133. The number of methoxy groups -OCH3 is 1. The van der Waals surface area contributed by atoms with Crippen LogP contribution >= 0.6 is 11.6 Å². The van der Waals surface area contributed by atoms with Crippen LogP contribution in [0, 0.1) is 0 Å². The zero-order chi connectivity index (χ0) is 13.2. The molecule has 1 aliphatic rings. The standard InChI is InChI=1S/C11H14ClN3O3/c1-11(4-3-5-18-11)9(16)15-10-13-7(12)6-8(14-10)17-2/h6H,3-5H2,1-2H3,(H,13,14,15,16). The predicted molar refractivity (Wildman–Crippen MR) is 65.8 cm³/mol. The number of nitrogens with zero attached hydrogens (tertiary/aromatic N) is 2. The van der Waals surface area contributed by atoms with E-state index in [9.17, 15) is 4.79 Å². The van der Waals surface area contributed by atoms with E-state index in [4.69, 9.17) is 21.1 Å². The van der Waals surface area contributed by atoms with Crippen molar-refractivity contribution in [3.05, 3.63) is 11.2 Å². The van der Waals surface area contributed by atoms with E-state index < -0.39 is 5.60 Å². The summed E-state index contributed by atoms with van der Waals surface area (Å²) in [4.78, 5) is 19.9. The summed E-state index contributed by atoms with van der Waals surface area (Å²) >= 11 is 5.79. The molecule has 1 unspecified atom stereocenters. The van der Waals surface area contributed by atoms with Gasteiger partial charge in [-0.1, -0.05) is 11.6 Å².